The lowest BCUT2D eigenvalue weighted by atomic mass is 10.1. The van der Waals surface area contributed by atoms with Crippen molar-refractivity contribution in [3.8, 4) is 5.75 Å². The van der Waals surface area contributed by atoms with E-state index >= 15 is 0 Å². The topological polar surface area (TPSA) is 53.7 Å². The van der Waals surface area contributed by atoms with E-state index in [4.69, 9.17) is 19.6 Å². The van der Waals surface area contributed by atoms with Crippen LogP contribution in [0.25, 0.3) is 0 Å². The molecule has 1 aromatic carbocycles. The molecule has 1 fully saturated rings. The second-order valence-electron chi connectivity index (χ2n) is 7.01. The summed E-state index contributed by atoms with van der Waals surface area (Å²) in [6.45, 7) is 12.9. The van der Waals surface area contributed by atoms with Gasteiger partial charge in [0.2, 0.25) is 8.32 Å². The third-order valence-corrected chi connectivity index (χ3v) is 8.70. The maximum atomic E-state index is 6.48. The summed E-state index contributed by atoms with van der Waals surface area (Å²) in [6, 6.07) is 6.06. The summed E-state index contributed by atoms with van der Waals surface area (Å²) in [5, 5.41) is 0.139. The number of rotatable bonds is 4. The monoisotopic (exact) mass is 309 g/mol. The number of hydrogen-bond donors (Lipinski definition) is 1. The van der Waals surface area contributed by atoms with Crippen molar-refractivity contribution in [2.24, 2.45) is 5.73 Å². The van der Waals surface area contributed by atoms with Crippen LogP contribution in [0, 0.1) is 0 Å². The van der Waals surface area contributed by atoms with Gasteiger partial charge in [0.15, 0.2) is 6.29 Å². The second kappa shape index (κ2) is 6.08. The van der Waals surface area contributed by atoms with E-state index in [-0.39, 0.29) is 11.3 Å². The molecule has 0 bridgehead atoms. The van der Waals surface area contributed by atoms with Gasteiger partial charge in [0, 0.05) is 12.1 Å². The number of hydrogen-bond acceptors (Lipinski definition) is 4. The zero-order valence-electron chi connectivity index (χ0n) is 13.7. The van der Waals surface area contributed by atoms with Crippen LogP contribution < -0.4 is 10.2 Å². The molecule has 0 saturated carbocycles. The van der Waals surface area contributed by atoms with E-state index in [0.717, 1.165) is 16.9 Å². The fraction of sp³-hybridized carbons (Fsp3) is 0.625. The Balaban J connectivity index is 2.35. The molecule has 1 heterocycles. The quantitative estimate of drug-likeness (QED) is 0.864. The third-order valence-electron chi connectivity index (χ3n) is 4.36. The van der Waals surface area contributed by atoms with E-state index in [2.05, 4.69) is 33.9 Å². The van der Waals surface area contributed by atoms with Crippen molar-refractivity contribution < 1.29 is 13.9 Å². The van der Waals surface area contributed by atoms with Crippen LogP contribution in [0.3, 0.4) is 0 Å². The molecule has 0 radical (unpaired) electrons. The van der Waals surface area contributed by atoms with E-state index < -0.39 is 8.32 Å². The molecule has 0 unspecified atom stereocenters. The molecule has 5 heteroatoms. The van der Waals surface area contributed by atoms with Crippen molar-refractivity contribution in [1.29, 1.82) is 0 Å². The highest BCUT2D eigenvalue weighted by Gasteiger charge is 2.40. The first-order chi connectivity index (χ1) is 9.74. The summed E-state index contributed by atoms with van der Waals surface area (Å²) < 4.78 is 17.7. The molecular formula is C16H27NO3Si. The van der Waals surface area contributed by atoms with Gasteiger partial charge in [0.1, 0.15) is 5.75 Å². The predicted octanol–water partition coefficient (Wildman–Crippen LogP) is 3.57. The Labute approximate surface area is 128 Å². The Bertz CT molecular complexity index is 491. The van der Waals surface area contributed by atoms with Crippen molar-refractivity contribution in [1.82, 2.24) is 0 Å². The third kappa shape index (κ3) is 3.66. The molecule has 0 aromatic heterocycles. The Kier molecular flexibility index (Phi) is 4.78. The molecule has 118 valence electrons. The van der Waals surface area contributed by atoms with Crippen LogP contribution in [0.2, 0.25) is 18.1 Å². The van der Waals surface area contributed by atoms with Gasteiger partial charge in [-0.1, -0.05) is 26.8 Å². The molecule has 0 aliphatic carbocycles. The molecule has 4 nitrogen and oxygen atoms in total. The summed E-state index contributed by atoms with van der Waals surface area (Å²) in [4.78, 5) is 0. The predicted molar refractivity (Wildman–Crippen MR) is 86.8 cm³/mol. The minimum atomic E-state index is -1.92. The van der Waals surface area contributed by atoms with Crippen LogP contribution in [0.15, 0.2) is 18.2 Å². The van der Waals surface area contributed by atoms with Crippen LogP contribution in [0.5, 0.6) is 5.75 Å². The molecule has 1 saturated heterocycles. The van der Waals surface area contributed by atoms with Gasteiger partial charge in [0.05, 0.1) is 13.2 Å². The van der Waals surface area contributed by atoms with Crippen molar-refractivity contribution in [3.05, 3.63) is 29.3 Å². The van der Waals surface area contributed by atoms with Gasteiger partial charge in [-0.2, -0.15) is 0 Å². The van der Waals surface area contributed by atoms with E-state index in [9.17, 15) is 0 Å². The van der Waals surface area contributed by atoms with Gasteiger partial charge in [-0.25, -0.2) is 0 Å². The van der Waals surface area contributed by atoms with Crippen LogP contribution >= 0.6 is 0 Å². The normalized spacial score (nSPS) is 17.2. The first kappa shape index (κ1) is 16.5. The zero-order valence-corrected chi connectivity index (χ0v) is 14.7. The van der Waals surface area contributed by atoms with Crippen LogP contribution in [-0.2, 0) is 16.0 Å². The maximum Gasteiger partial charge on any atom is 0.250 e. The molecule has 0 atom stereocenters. The molecule has 0 amide bonds. The molecule has 1 aromatic rings. The summed E-state index contributed by atoms with van der Waals surface area (Å²) in [7, 11) is -1.92. The standard InChI is InChI=1S/C16H27NO3Si/c1-16(2,3)21(4,5)20-14-10-12(11-17)6-7-13(14)15-18-8-9-19-15/h6-7,10,15H,8-9,11,17H2,1-5H3. The van der Waals surface area contributed by atoms with Gasteiger partial charge in [-0.05, 0) is 35.8 Å². The van der Waals surface area contributed by atoms with Crippen LogP contribution in [0.4, 0.5) is 0 Å². The van der Waals surface area contributed by atoms with E-state index in [1.54, 1.807) is 0 Å². The summed E-state index contributed by atoms with van der Waals surface area (Å²) in [5.74, 6) is 0.858. The minimum absolute atomic E-state index is 0.139. The zero-order chi connectivity index (χ0) is 15.7. The molecule has 21 heavy (non-hydrogen) atoms. The van der Waals surface area contributed by atoms with Gasteiger partial charge >= 0.3 is 0 Å². The van der Waals surface area contributed by atoms with Gasteiger partial charge < -0.3 is 19.6 Å². The molecule has 2 rings (SSSR count). The Hall–Kier alpha value is -0.883. The highest BCUT2D eigenvalue weighted by molar-refractivity contribution is 6.74. The van der Waals surface area contributed by atoms with Crippen molar-refractivity contribution in [2.75, 3.05) is 13.2 Å². The summed E-state index contributed by atoms with van der Waals surface area (Å²) in [6.07, 6.45) is -0.323. The van der Waals surface area contributed by atoms with Crippen molar-refractivity contribution in [2.45, 2.75) is 51.7 Å². The highest BCUT2D eigenvalue weighted by atomic mass is 28.4. The van der Waals surface area contributed by atoms with E-state index in [0.29, 0.717) is 19.8 Å². The average Bonchev–Trinajstić information content (AvgIpc) is 2.90. The number of nitrogens with two attached hydrogens (primary N) is 1. The number of benzene rings is 1. The Morgan fingerprint density at radius 2 is 1.86 bits per heavy atom. The van der Waals surface area contributed by atoms with Gasteiger partial charge in [-0.3, -0.25) is 0 Å². The molecule has 2 N–H and O–H groups in total. The van der Waals surface area contributed by atoms with Gasteiger partial charge in [-0.15, -0.1) is 0 Å². The smallest absolute Gasteiger partial charge is 0.250 e. The maximum absolute atomic E-state index is 6.48. The van der Waals surface area contributed by atoms with Crippen molar-refractivity contribution >= 4 is 8.32 Å². The van der Waals surface area contributed by atoms with Crippen LogP contribution in [-0.4, -0.2) is 21.5 Å². The molecule has 1 aliphatic rings. The largest absolute Gasteiger partial charge is 0.543 e. The Morgan fingerprint density at radius 3 is 2.38 bits per heavy atom. The molecule has 1 aliphatic heterocycles. The van der Waals surface area contributed by atoms with E-state index in [1.165, 1.54) is 0 Å². The summed E-state index contributed by atoms with van der Waals surface area (Å²) >= 11 is 0. The fourth-order valence-corrected chi connectivity index (χ4v) is 2.99. The van der Waals surface area contributed by atoms with Crippen LogP contribution in [0.1, 0.15) is 38.2 Å². The first-order valence-corrected chi connectivity index (χ1v) is 10.4. The number of ether oxygens (including phenoxy) is 2. The van der Waals surface area contributed by atoms with Crippen molar-refractivity contribution in [3.63, 3.8) is 0 Å². The van der Waals surface area contributed by atoms with E-state index in [1.807, 2.05) is 18.2 Å². The lowest BCUT2D eigenvalue weighted by Crippen LogP contribution is -2.44. The summed E-state index contributed by atoms with van der Waals surface area (Å²) in [5.41, 5.74) is 7.79. The lowest BCUT2D eigenvalue weighted by molar-refractivity contribution is -0.0450. The molecular weight excluding hydrogens is 282 g/mol. The lowest BCUT2D eigenvalue weighted by Gasteiger charge is -2.37. The SMILES string of the molecule is CC(C)(C)[Si](C)(C)Oc1cc(CN)ccc1C1OCCO1. The second-order valence-corrected chi connectivity index (χ2v) is 11.7. The van der Waals surface area contributed by atoms with Gasteiger partial charge in [0.25, 0.3) is 0 Å². The Morgan fingerprint density at radius 1 is 1.24 bits per heavy atom. The fourth-order valence-electron chi connectivity index (χ4n) is 1.95. The highest BCUT2D eigenvalue weighted by Crippen LogP contribution is 2.40. The minimum Gasteiger partial charge on any atom is -0.543 e. The first-order valence-electron chi connectivity index (χ1n) is 7.50. The molecule has 0 spiro atoms. The average molecular weight is 309 g/mol.